The number of anilines is 2. The van der Waals surface area contributed by atoms with Gasteiger partial charge in [0, 0.05) is 12.1 Å². The molecule has 0 aliphatic rings. The lowest BCUT2D eigenvalue weighted by atomic mass is 10.1. The van der Waals surface area contributed by atoms with Gasteiger partial charge in [0.2, 0.25) is 0 Å². The number of aryl methyl sites for hydroxylation is 1. The van der Waals surface area contributed by atoms with Gasteiger partial charge in [0.25, 0.3) is 5.69 Å². The van der Waals surface area contributed by atoms with Crippen molar-refractivity contribution in [1.82, 2.24) is 0 Å². The Kier molecular flexibility index (Phi) is 3.84. The van der Waals surface area contributed by atoms with Gasteiger partial charge in [-0.2, -0.15) is 0 Å². The van der Waals surface area contributed by atoms with E-state index in [0.717, 1.165) is 17.7 Å². The SMILES string of the molecule is Cc1ccc(Nc2ccc([N+](=O)[O-])cc2C(=O)O)c(F)c1. The van der Waals surface area contributed by atoms with Gasteiger partial charge in [-0.05, 0) is 30.7 Å². The van der Waals surface area contributed by atoms with Crippen molar-refractivity contribution in [2.45, 2.75) is 6.92 Å². The normalized spacial score (nSPS) is 10.2. The highest BCUT2D eigenvalue weighted by molar-refractivity contribution is 5.96. The molecular weight excluding hydrogens is 279 g/mol. The van der Waals surface area contributed by atoms with Gasteiger partial charge in [-0.1, -0.05) is 6.07 Å². The Morgan fingerprint density at radius 1 is 1.24 bits per heavy atom. The summed E-state index contributed by atoms with van der Waals surface area (Å²) in [4.78, 5) is 21.1. The first-order chi connectivity index (χ1) is 9.88. The Labute approximate surface area is 119 Å². The summed E-state index contributed by atoms with van der Waals surface area (Å²) in [5, 5.41) is 22.4. The van der Waals surface area contributed by atoms with Gasteiger partial charge in [0.05, 0.1) is 21.9 Å². The van der Waals surface area contributed by atoms with Crippen LogP contribution in [0.1, 0.15) is 15.9 Å². The lowest BCUT2D eigenvalue weighted by Crippen LogP contribution is -2.05. The molecule has 2 N–H and O–H groups in total. The number of nitrogens with one attached hydrogen (secondary N) is 1. The minimum Gasteiger partial charge on any atom is -0.478 e. The number of nitrogens with zero attached hydrogens (tertiary/aromatic N) is 1. The van der Waals surface area contributed by atoms with E-state index in [1.54, 1.807) is 13.0 Å². The van der Waals surface area contributed by atoms with Crippen LogP contribution in [0.25, 0.3) is 0 Å². The molecule has 0 radical (unpaired) electrons. The number of nitro benzene ring substituents is 1. The number of hydrogen-bond acceptors (Lipinski definition) is 4. The van der Waals surface area contributed by atoms with Crippen molar-refractivity contribution in [3.63, 3.8) is 0 Å². The number of aromatic carboxylic acids is 1. The molecule has 0 aliphatic carbocycles. The third kappa shape index (κ3) is 3.14. The van der Waals surface area contributed by atoms with Crippen molar-refractivity contribution < 1.29 is 19.2 Å². The quantitative estimate of drug-likeness (QED) is 0.664. The zero-order valence-corrected chi connectivity index (χ0v) is 11.0. The highest BCUT2D eigenvalue weighted by atomic mass is 19.1. The molecule has 0 heterocycles. The highest BCUT2D eigenvalue weighted by Crippen LogP contribution is 2.27. The maximum Gasteiger partial charge on any atom is 0.338 e. The fourth-order valence-electron chi connectivity index (χ4n) is 1.80. The molecule has 2 aromatic carbocycles. The third-order valence-corrected chi connectivity index (χ3v) is 2.84. The maximum atomic E-state index is 13.8. The van der Waals surface area contributed by atoms with Crippen LogP contribution in [0.15, 0.2) is 36.4 Å². The van der Waals surface area contributed by atoms with Crippen LogP contribution in [0, 0.1) is 22.9 Å². The summed E-state index contributed by atoms with van der Waals surface area (Å²) in [5.41, 5.74) is 0.250. The van der Waals surface area contributed by atoms with Gasteiger partial charge in [-0.25, -0.2) is 9.18 Å². The predicted octanol–water partition coefficient (Wildman–Crippen LogP) is 3.48. The van der Waals surface area contributed by atoms with Crippen molar-refractivity contribution >= 4 is 23.0 Å². The second-order valence-corrected chi connectivity index (χ2v) is 4.40. The summed E-state index contributed by atoms with van der Waals surface area (Å²) >= 11 is 0. The summed E-state index contributed by atoms with van der Waals surface area (Å²) in [6, 6.07) is 7.75. The van der Waals surface area contributed by atoms with Crippen LogP contribution >= 0.6 is 0 Å². The highest BCUT2D eigenvalue weighted by Gasteiger charge is 2.17. The molecule has 0 saturated carbocycles. The molecule has 0 aliphatic heterocycles. The van der Waals surface area contributed by atoms with E-state index in [0.29, 0.717) is 0 Å². The zero-order chi connectivity index (χ0) is 15.6. The molecular formula is C14H11FN2O4. The Hall–Kier alpha value is -2.96. The van der Waals surface area contributed by atoms with Crippen molar-refractivity contribution in [3.8, 4) is 0 Å². The molecule has 7 heteroatoms. The number of non-ortho nitro benzene ring substituents is 1. The second-order valence-electron chi connectivity index (χ2n) is 4.40. The minimum atomic E-state index is -1.34. The molecule has 2 rings (SSSR count). The zero-order valence-electron chi connectivity index (χ0n) is 11.0. The molecule has 0 fully saturated rings. The lowest BCUT2D eigenvalue weighted by Gasteiger charge is -2.10. The monoisotopic (exact) mass is 290 g/mol. The molecule has 6 nitrogen and oxygen atoms in total. The van der Waals surface area contributed by atoms with E-state index >= 15 is 0 Å². The van der Waals surface area contributed by atoms with Gasteiger partial charge in [0.1, 0.15) is 5.82 Å². The van der Waals surface area contributed by atoms with Gasteiger partial charge in [-0.3, -0.25) is 10.1 Å². The molecule has 0 amide bonds. The topological polar surface area (TPSA) is 92.5 Å². The largest absolute Gasteiger partial charge is 0.478 e. The number of rotatable bonds is 4. The van der Waals surface area contributed by atoms with Crippen LogP contribution in [0.3, 0.4) is 0 Å². The number of halogens is 1. The van der Waals surface area contributed by atoms with Crippen molar-refractivity contribution in [1.29, 1.82) is 0 Å². The van der Waals surface area contributed by atoms with Crippen molar-refractivity contribution in [2.24, 2.45) is 0 Å². The standard InChI is InChI=1S/C14H11FN2O4/c1-8-2-4-13(11(15)6-8)16-12-5-3-9(17(20)21)7-10(12)14(18)19/h2-7,16H,1H3,(H,18,19). The number of benzene rings is 2. The number of nitro groups is 1. The predicted molar refractivity (Wildman–Crippen MR) is 74.5 cm³/mol. The van der Waals surface area contributed by atoms with E-state index < -0.39 is 16.7 Å². The molecule has 0 unspecified atom stereocenters. The van der Waals surface area contributed by atoms with Gasteiger partial charge < -0.3 is 10.4 Å². The van der Waals surface area contributed by atoms with E-state index in [-0.39, 0.29) is 22.6 Å². The molecule has 0 atom stereocenters. The van der Waals surface area contributed by atoms with Gasteiger partial charge in [0.15, 0.2) is 0 Å². The summed E-state index contributed by atoms with van der Waals surface area (Å²) in [6.45, 7) is 1.72. The van der Waals surface area contributed by atoms with Crippen molar-refractivity contribution in [2.75, 3.05) is 5.32 Å². The Balaban J connectivity index is 2.44. The third-order valence-electron chi connectivity index (χ3n) is 2.84. The Morgan fingerprint density at radius 3 is 2.48 bits per heavy atom. The molecule has 2 aromatic rings. The summed E-state index contributed by atoms with van der Waals surface area (Å²) in [5.74, 6) is -1.88. The van der Waals surface area contributed by atoms with Crippen LogP contribution in [0.4, 0.5) is 21.5 Å². The summed E-state index contributed by atoms with van der Waals surface area (Å²) in [7, 11) is 0. The van der Waals surface area contributed by atoms with E-state index in [9.17, 15) is 19.3 Å². The van der Waals surface area contributed by atoms with E-state index in [1.807, 2.05) is 0 Å². The molecule has 108 valence electrons. The van der Waals surface area contributed by atoms with Gasteiger partial charge >= 0.3 is 5.97 Å². The smallest absolute Gasteiger partial charge is 0.338 e. The Morgan fingerprint density at radius 2 is 1.90 bits per heavy atom. The Bertz CT molecular complexity index is 731. The summed E-state index contributed by atoms with van der Waals surface area (Å²) in [6.07, 6.45) is 0. The number of hydrogen-bond donors (Lipinski definition) is 2. The fraction of sp³-hybridized carbons (Fsp3) is 0.0714. The van der Waals surface area contributed by atoms with Crippen LogP contribution in [0.2, 0.25) is 0 Å². The lowest BCUT2D eigenvalue weighted by molar-refractivity contribution is -0.384. The van der Waals surface area contributed by atoms with Crippen molar-refractivity contribution in [3.05, 3.63) is 63.5 Å². The fourth-order valence-corrected chi connectivity index (χ4v) is 1.80. The first kappa shape index (κ1) is 14.4. The van der Waals surface area contributed by atoms with Crippen LogP contribution in [-0.4, -0.2) is 16.0 Å². The average molecular weight is 290 g/mol. The molecule has 21 heavy (non-hydrogen) atoms. The molecule has 0 aromatic heterocycles. The molecule has 0 spiro atoms. The second kappa shape index (κ2) is 5.58. The van der Waals surface area contributed by atoms with E-state index in [4.69, 9.17) is 5.11 Å². The van der Waals surface area contributed by atoms with E-state index in [2.05, 4.69) is 5.32 Å². The van der Waals surface area contributed by atoms with Gasteiger partial charge in [-0.15, -0.1) is 0 Å². The van der Waals surface area contributed by atoms with Crippen LogP contribution in [0.5, 0.6) is 0 Å². The van der Waals surface area contributed by atoms with Crippen LogP contribution < -0.4 is 5.32 Å². The van der Waals surface area contributed by atoms with E-state index in [1.165, 1.54) is 18.2 Å². The minimum absolute atomic E-state index is 0.0795. The van der Waals surface area contributed by atoms with Crippen LogP contribution in [-0.2, 0) is 0 Å². The molecule has 0 bridgehead atoms. The first-order valence-corrected chi connectivity index (χ1v) is 5.93. The first-order valence-electron chi connectivity index (χ1n) is 5.93. The summed E-state index contributed by atoms with van der Waals surface area (Å²) < 4.78 is 13.8. The number of carboxylic acid groups (broad SMARTS) is 1. The average Bonchev–Trinajstić information content (AvgIpc) is 2.41. The number of carboxylic acids is 1. The maximum absolute atomic E-state index is 13.8. The molecule has 0 saturated heterocycles. The number of carbonyl (C=O) groups is 1.